The van der Waals surface area contributed by atoms with Gasteiger partial charge in [0.1, 0.15) is 0 Å². The van der Waals surface area contributed by atoms with Crippen molar-refractivity contribution in [3.63, 3.8) is 0 Å². The molecule has 0 aliphatic carbocycles. The molecule has 90 valence electrons. The lowest BCUT2D eigenvalue weighted by molar-refractivity contribution is -0.101. The second-order valence-electron chi connectivity index (χ2n) is 4.68. The van der Waals surface area contributed by atoms with E-state index in [-0.39, 0.29) is 6.29 Å². The third-order valence-corrected chi connectivity index (χ3v) is 4.24. The summed E-state index contributed by atoms with van der Waals surface area (Å²) >= 11 is 2.03. The minimum Gasteiger partial charge on any atom is -0.355 e. The van der Waals surface area contributed by atoms with Crippen LogP contribution >= 0.6 is 11.8 Å². The fourth-order valence-corrected chi connectivity index (χ4v) is 3.41. The van der Waals surface area contributed by atoms with E-state index in [2.05, 4.69) is 19.2 Å². The van der Waals surface area contributed by atoms with E-state index in [1.165, 1.54) is 17.9 Å². The lowest BCUT2D eigenvalue weighted by atomic mass is 9.82. The zero-order valence-corrected chi connectivity index (χ0v) is 11.0. The molecule has 1 aliphatic heterocycles. The second kappa shape index (κ2) is 6.09. The van der Waals surface area contributed by atoms with Gasteiger partial charge < -0.3 is 14.8 Å². The van der Waals surface area contributed by atoms with E-state index in [1.807, 2.05) is 11.8 Å². The first-order valence-electron chi connectivity index (χ1n) is 5.47. The molecule has 0 spiro atoms. The minimum atomic E-state index is -0.132. The second-order valence-corrected chi connectivity index (χ2v) is 5.83. The molecule has 0 aromatic rings. The number of methoxy groups -OCH3 is 2. The molecule has 1 unspecified atom stereocenters. The highest BCUT2D eigenvalue weighted by atomic mass is 32.2. The number of hydrogen-bond donors (Lipinski definition) is 1. The van der Waals surface area contributed by atoms with E-state index >= 15 is 0 Å². The predicted octanol–water partition coefficient (Wildman–Crippen LogP) is 1.73. The van der Waals surface area contributed by atoms with Crippen molar-refractivity contribution in [1.29, 1.82) is 0 Å². The van der Waals surface area contributed by atoms with Gasteiger partial charge >= 0.3 is 0 Å². The zero-order valence-electron chi connectivity index (χ0n) is 10.2. The molecule has 4 heteroatoms. The fourth-order valence-electron chi connectivity index (χ4n) is 1.77. The number of hydrogen-bond acceptors (Lipinski definition) is 4. The molecule has 0 aromatic carbocycles. The molecule has 1 aliphatic rings. The third kappa shape index (κ3) is 3.94. The van der Waals surface area contributed by atoms with Crippen LogP contribution in [0.3, 0.4) is 0 Å². The van der Waals surface area contributed by atoms with Crippen LogP contribution in [0.4, 0.5) is 0 Å². The van der Waals surface area contributed by atoms with Gasteiger partial charge in [-0.1, -0.05) is 13.8 Å². The predicted molar refractivity (Wildman–Crippen MR) is 65.3 cm³/mol. The van der Waals surface area contributed by atoms with Crippen LogP contribution in [-0.4, -0.2) is 44.6 Å². The van der Waals surface area contributed by atoms with E-state index in [0.29, 0.717) is 11.5 Å². The molecule has 0 saturated carbocycles. The van der Waals surface area contributed by atoms with Crippen molar-refractivity contribution >= 4 is 11.8 Å². The standard InChI is InChI=1S/C11H23NO2S/c1-11(2)5-6-15-8-9(11)12-7-10(13-3)14-4/h9-10,12H,5-8H2,1-4H3. The van der Waals surface area contributed by atoms with Crippen LogP contribution < -0.4 is 5.32 Å². The summed E-state index contributed by atoms with van der Waals surface area (Å²) in [5, 5.41) is 3.54. The van der Waals surface area contributed by atoms with Gasteiger partial charge in [-0.3, -0.25) is 0 Å². The summed E-state index contributed by atoms with van der Waals surface area (Å²) in [4.78, 5) is 0. The average Bonchev–Trinajstić information content (AvgIpc) is 2.21. The number of thioether (sulfide) groups is 1. The van der Waals surface area contributed by atoms with E-state index in [1.54, 1.807) is 14.2 Å². The van der Waals surface area contributed by atoms with Crippen LogP contribution in [0.1, 0.15) is 20.3 Å². The molecular formula is C11H23NO2S. The molecule has 3 nitrogen and oxygen atoms in total. The molecule has 1 atom stereocenters. The molecule has 1 fully saturated rings. The van der Waals surface area contributed by atoms with Crippen LogP contribution in [0.15, 0.2) is 0 Å². The summed E-state index contributed by atoms with van der Waals surface area (Å²) in [5.74, 6) is 2.47. The number of ether oxygens (including phenoxy) is 2. The van der Waals surface area contributed by atoms with E-state index < -0.39 is 0 Å². The average molecular weight is 233 g/mol. The smallest absolute Gasteiger partial charge is 0.169 e. The van der Waals surface area contributed by atoms with Crippen molar-refractivity contribution in [2.24, 2.45) is 5.41 Å². The number of rotatable bonds is 5. The fraction of sp³-hybridized carbons (Fsp3) is 1.00. The highest BCUT2D eigenvalue weighted by molar-refractivity contribution is 7.99. The van der Waals surface area contributed by atoms with Crippen LogP contribution in [0, 0.1) is 5.41 Å². The van der Waals surface area contributed by atoms with Gasteiger partial charge in [-0.2, -0.15) is 11.8 Å². The van der Waals surface area contributed by atoms with Gasteiger partial charge in [0.2, 0.25) is 0 Å². The summed E-state index contributed by atoms with van der Waals surface area (Å²) in [6, 6.07) is 0.559. The van der Waals surface area contributed by atoms with Crippen molar-refractivity contribution in [3.05, 3.63) is 0 Å². The molecule has 0 bridgehead atoms. The van der Waals surface area contributed by atoms with Crippen LogP contribution in [-0.2, 0) is 9.47 Å². The summed E-state index contributed by atoms with van der Waals surface area (Å²) < 4.78 is 10.3. The summed E-state index contributed by atoms with van der Waals surface area (Å²) in [7, 11) is 3.35. The molecule has 1 heterocycles. The minimum absolute atomic E-state index is 0.132. The van der Waals surface area contributed by atoms with Crippen molar-refractivity contribution in [1.82, 2.24) is 5.32 Å². The van der Waals surface area contributed by atoms with Crippen molar-refractivity contribution in [3.8, 4) is 0 Å². The topological polar surface area (TPSA) is 30.5 Å². The monoisotopic (exact) mass is 233 g/mol. The maximum absolute atomic E-state index is 5.17. The molecule has 1 N–H and O–H groups in total. The quantitative estimate of drug-likeness (QED) is 0.733. The Morgan fingerprint density at radius 3 is 2.60 bits per heavy atom. The third-order valence-electron chi connectivity index (χ3n) is 3.18. The van der Waals surface area contributed by atoms with E-state index in [0.717, 1.165) is 6.54 Å². The van der Waals surface area contributed by atoms with Crippen molar-refractivity contribution < 1.29 is 9.47 Å². The maximum Gasteiger partial charge on any atom is 0.169 e. The Labute approximate surface area is 97.3 Å². The lowest BCUT2D eigenvalue weighted by Crippen LogP contribution is -2.49. The van der Waals surface area contributed by atoms with Gasteiger partial charge in [0, 0.05) is 32.6 Å². The van der Waals surface area contributed by atoms with Crippen LogP contribution in [0.5, 0.6) is 0 Å². The Morgan fingerprint density at radius 2 is 2.07 bits per heavy atom. The summed E-state index contributed by atoms with van der Waals surface area (Å²) in [6.07, 6.45) is 1.15. The first-order valence-corrected chi connectivity index (χ1v) is 6.62. The highest BCUT2D eigenvalue weighted by Crippen LogP contribution is 2.34. The first-order chi connectivity index (χ1) is 7.10. The van der Waals surface area contributed by atoms with Gasteiger partial charge in [-0.05, 0) is 17.6 Å². The molecule has 0 aromatic heterocycles. The van der Waals surface area contributed by atoms with Gasteiger partial charge in [0.25, 0.3) is 0 Å². The molecule has 1 rings (SSSR count). The molecular weight excluding hydrogens is 210 g/mol. The Morgan fingerprint density at radius 1 is 1.40 bits per heavy atom. The Balaban J connectivity index is 2.35. The van der Waals surface area contributed by atoms with Gasteiger partial charge in [-0.25, -0.2) is 0 Å². The number of nitrogens with one attached hydrogen (secondary N) is 1. The highest BCUT2D eigenvalue weighted by Gasteiger charge is 2.32. The van der Waals surface area contributed by atoms with Crippen LogP contribution in [0.2, 0.25) is 0 Å². The lowest BCUT2D eigenvalue weighted by Gasteiger charge is -2.39. The summed E-state index contributed by atoms with van der Waals surface area (Å²) in [5.41, 5.74) is 0.386. The molecule has 0 amide bonds. The molecule has 15 heavy (non-hydrogen) atoms. The van der Waals surface area contributed by atoms with Crippen LogP contribution in [0.25, 0.3) is 0 Å². The Kier molecular flexibility index (Phi) is 5.39. The van der Waals surface area contributed by atoms with Gasteiger partial charge in [0.05, 0.1) is 0 Å². The van der Waals surface area contributed by atoms with Gasteiger partial charge in [-0.15, -0.1) is 0 Å². The van der Waals surface area contributed by atoms with Crippen molar-refractivity contribution in [2.75, 3.05) is 32.3 Å². The Bertz CT molecular complexity index is 183. The SMILES string of the molecule is COC(CNC1CSCCC1(C)C)OC. The van der Waals surface area contributed by atoms with E-state index in [4.69, 9.17) is 9.47 Å². The van der Waals surface area contributed by atoms with Crippen molar-refractivity contribution in [2.45, 2.75) is 32.6 Å². The largest absolute Gasteiger partial charge is 0.355 e. The normalized spacial score (nSPS) is 25.8. The maximum atomic E-state index is 5.17. The molecule has 1 saturated heterocycles. The van der Waals surface area contributed by atoms with Gasteiger partial charge in [0.15, 0.2) is 6.29 Å². The van der Waals surface area contributed by atoms with E-state index in [9.17, 15) is 0 Å². The first kappa shape index (κ1) is 13.3. The zero-order chi connectivity index (χ0) is 11.3. The Hall–Kier alpha value is 0.230. The summed E-state index contributed by atoms with van der Waals surface area (Å²) in [6.45, 7) is 5.43. The molecule has 0 radical (unpaired) electrons.